The Kier molecular flexibility index (Phi) is 3.39. The van der Waals surface area contributed by atoms with Crippen molar-refractivity contribution in [2.45, 2.75) is 25.7 Å². The van der Waals surface area contributed by atoms with Crippen molar-refractivity contribution in [3.8, 4) is 0 Å². The van der Waals surface area contributed by atoms with Gasteiger partial charge in [-0.15, -0.1) is 0 Å². The van der Waals surface area contributed by atoms with Crippen LogP contribution in [0.5, 0.6) is 0 Å². The molecule has 1 N–H and O–H groups in total. The molecule has 15 heavy (non-hydrogen) atoms. The molecule has 0 bridgehead atoms. The van der Waals surface area contributed by atoms with Gasteiger partial charge in [-0.3, -0.25) is 0 Å². The molecule has 0 spiro atoms. The van der Waals surface area contributed by atoms with Gasteiger partial charge >= 0.3 is 0 Å². The van der Waals surface area contributed by atoms with E-state index in [1.807, 2.05) is 0 Å². The van der Waals surface area contributed by atoms with Crippen LogP contribution in [0, 0.1) is 5.82 Å². The molecular formula is C11H13F3O. The number of aliphatic hydroxyl groups is 1. The molecule has 0 aliphatic rings. The summed E-state index contributed by atoms with van der Waals surface area (Å²) >= 11 is 0. The van der Waals surface area contributed by atoms with Crippen molar-refractivity contribution in [1.29, 1.82) is 0 Å². The molecule has 0 atom stereocenters. The van der Waals surface area contributed by atoms with E-state index < -0.39 is 23.9 Å². The van der Waals surface area contributed by atoms with Crippen LogP contribution in [0.2, 0.25) is 0 Å². The molecule has 0 saturated carbocycles. The minimum atomic E-state index is -3.52. The fourth-order valence-corrected chi connectivity index (χ4v) is 1.36. The number of hydrogen-bond acceptors (Lipinski definition) is 1. The number of halogens is 3. The maximum Gasteiger partial charge on any atom is 0.298 e. The number of hydrogen-bond donors (Lipinski definition) is 1. The summed E-state index contributed by atoms with van der Waals surface area (Å²) < 4.78 is 39.8. The van der Waals surface area contributed by atoms with E-state index in [1.54, 1.807) is 13.8 Å². The Morgan fingerprint density at radius 1 is 1.33 bits per heavy atom. The van der Waals surface area contributed by atoms with Gasteiger partial charge in [0.2, 0.25) is 0 Å². The third-order valence-electron chi connectivity index (χ3n) is 2.24. The quantitative estimate of drug-likeness (QED) is 0.826. The number of aliphatic hydroxyl groups excluding tert-OH is 1. The first kappa shape index (κ1) is 12.0. The van der Waals surface area contributed by atoms with E-state index in [1.165, 1.54) is 12.1 Å². The molecule has 0 unspecified atom stereocenters. The van der Waals surface area contributed by atoms with Crippen LogP contribution in [-0.4, -0.2) is 11.7 Å². The van der Waals surface area contributed by atoms with Gasteiger partial charge < -0.3 is 5.11 Å². The summed E-state index contributed by atoms with van der Waals surface area (Å²) in [4.78, 5) is 0. The second-order valence-corrected chi connectivity index (χ2v) is 3.73. The van der Waals surface area contributed by atoms with E-state index in [-0.39, 0.29) is 11.5 Å². The van der Waals surface area contributed by atoms with Crippen molar-refractivity contribution in [3.63, 3.8) is 0 Å². The summed E-state index contributed by atoms with van der Waals surface area (Å²) in [6.45, 7) is 2.06. The monoisotopic (exact) mass is 218 g/mol. The number of alkyl halides is 2. The van der Waals surface area contributed by atoms with Gasteiger partial charge in [0, 0.05) is 0 Å². The zero-order chi connectivity index (χ0) is 11.6. The van der Waals surface area contributed by atoms with Gasteiger partial charge in [0.05, 0.1) is 5.56 Å². The van der Waals surface area contributed by atoms with Crippen molar-refractivity contribution >= 4 is 0 Å². The highest BCUT2D eigenvalue weighted by Gasteiger charge is 2.34. The van der Waals surface area contributed by atoms with E-state index >= 15 is 0 Å². The average molecular weight is 218 g/mol. The summed E-state index contributed by atoms with van der Waals surface area (Å²) in [6.07, 6.45) is 0. The van der Waals surface area contributed by atoms with E-state index in [2.05, 4.69) is 0 Å². The zero-order valence-corrected chi connectivity index (χ0v) is 8.60. The van der Waals surface area contributed by atoms with Gasteiger partial charge in [-0.05, 0) is 17.5 Å². The molecule has 0 aromatic heterocycles. The lowest BCUT2D eigenvalue weighted by atomic mass is 9.97. The minimum Gasteiger partial charge on any atom is -0.390 e. The maximum atomic E-state index is 13.6. The largest absolute Gasteiger partial charge is 0.390 e. The molecule has 0 radical (unpaired) electrons. The highest BCUT2D eigenvalue weighted by Crippen LogP contribution is 2.32. The molecule has 0 saturated heterocycles. The molecule has 0 heterocycles. The Labute approximate surface area is 86.5 Å². The molecule has 0 fully saturated rings. The molecule has 1 rings (SSSR count). The van der Waals surface area contributed by atoms with Gasteiger partial charge in [-0.1, -0.05) is 26.0 Å². The summed E-state index contributed by atoms with van der Waals surface area (Å²) in [5, 5.41) is 8.48. The van der Waals surface area contributed by atoms with Crippen LogP contribution in [0.3, 0.4) is 0 Å². The second-order valence-electron chi connectivity index (χ2n) is 3.73. The summed E-state index contributed by atoms with van der Waals surface area (Å²) in [7, 11) is 0. The number of rotatable bonds is 3. The zero-order valence-electron chi connectivity index (χ0n) is 8.60. The van der Waals surface area contributed by atoms with E-state index in [4.69, 9.17) is 5.11 Å². The Morgan fingerprint density at radius 2 is 1.93 bits per heavy atom. The fraction of sp³-hybridized carbons (Fsp3) is 0.455. The minimum absolute atomic E-state index is 0.167. The second kappa shape index (κ2) is 4.23. The third-order valence-corrected chi connectivity index (χ3v) is 2.24. The molecule has 84 valence electrons. The summed E-state index contributed by atoms with van der Waals surface area (Å²) in [5.41, 5.74) is -0.503. The normalized spacial score (nSPS) is 12.2. The van der Waals surface area contributed by atoms with Gasteiger partial charge in [0.25, 0.3) is 5.92 Å². The van der Waals surface area contributed by atoms with Gasteiger partial charge in [0.1, 0.15) is 12.4 Å². The molecule has 1 aromatic carbocycles. The van der Waals surface area contributed by atoms with E-state index in [0.29, 0.717) is 0 Å². The Bertz CT molecular complexity index is 348. The van der Waals surface area contributed by atoms with E-state index in [0.717, 1.165) is 6.07 Å². The van der Waals surface area contributed by atoms with Crippen LogP contribution in [0.4, 0.5) is 13.2 Å². The third kappa shape index (κ3) is 2.31. The van der Waals surface area contributed by atoms with Crippen molar-refractivity contribution in [3.05, 3.63) is 35.1 Å². The maximum absolute atomic E-state index is 13.6. The Morgan fingerprint density at radius 3 is 2.40 bits per heavy atom. The molecule has 0 aliphatic heterocycles. The summed E-state index contributed by atoms with van der Waals surface area (Å²) in [5.74, 6) is -4.61. The van der Waals surface area contributed by atoms with Crippen LogP contribution in [-0.2, 0) is 5.92 Å². The van der Waals surface area contributed by atoms with Crippen molar-refractivity contribution in [2.75, 3.05) is 6.61 Å². The smallest absolute Gasteiger partial charge is 0.298 e. The van der Waals surface area contributed by atoms with Crippen LogP contribution >= 0.6 is 0 Å². The highest BCUT2D eigenvalue weighted by molar-refractivity contribution is 5.31. The predicted molar refractivity (Wildman–Crippen MR) is 51.5 cm³/mol. The highest BCUT2D eigenvalue weighted by atomic mass is 19.3. The van der Waals surface area contributed by atoms with Crippen molar-refractivity contribution < 1.29 is 18.3 Å². The first-order valence-electron chi connectivity index (χ1n) is 4.67. The molecular weight excluding hydrogens is 205 g/mol. The van der Waals surface area contributed by atoms with Gasteiger partial charge in [-0.2, -0.15) is 8.78 Å². The van der Waals surface area contributed by atoms with Crippen LogP contribution in [0.15, 0.2) is 18.2 Å². The van der Waals surface area contributed by atoms with Crippen LogP contribution < -0.4 is 0 Å². The van der Waals surface area contributed by atoms with Crippen LogP contribution in [0.25, 0.3) is 0 Å². The molecule has 4 heteroatoms. The topological polar surface area (TPSA) is 20.2 Å². The first-order valence-corrected chi connectivity index (χ1v) is 4.67. The Balaban J connectivity index is 3.27. The standard InChI is InChI=1S/C11H13F3O/c1-7(2)8-4-3-5-9(10(8)12)11(13,14)6-15/h3-5,7,15H,6H2,1-2H3. The molecule has 1 aromatic rings. The first-order chi connectivity index (χ1) is 6.90. The molecule has 1 nitrogen and oxygen atoms in total. The fourth-order valence-electron chi connectivity index (χ4n) is 1.36. The molecule has 0 aliphatic carbocycles. The lowest BCUT2D eigenvalue weighted by molar-refractivity contribution is -0.0583. The van der Waals surface area contributed by atoms with Crippen LogP contribution in [0.1, 0.15) is 30.9 Å². The van der Waals surface area contributed by atoms with Crippen molar-refractivity contribution in [2.24, 2.45) is 0 Å². The number of benzene rings is 1. The van der Waals surface area contributed by atoms with Gasteiger partial charge in [0.15, 0.2) is 0 Å². The predicted octanol–water partition coefficient (Wildman–Crippen LogP) is 3.03. The SMILES string of the molecule is CC(C)c1cccc(C(F)(F)CO)c1F. The Hall–Kier alpha value is -1.03. The summed E-state index contributed by atoms with van der Waals surface area (Å²) in [6, 6.07) is 3.84. The molecule has 0 amide bonds. The lowest BCUT2D eigenvalue weighted by Crippen LogP contribution is -2.21. The van der Waals surface area contributed by atoms with E-state index in [9.17, 15) is 13.2 Å². The van der Waals surface area contributed by atoms with Crippen molar-refractivity contribution in [1.82, 2.24) is 0 Å². The lowest BCUT2D eigenvalue weighted by Gasteiger charge is -2.17. The average Bonchev–Trinajstić information content (AvgIpc) is 2.17. The van der Waals surface area contributed by atoms with Gasteiger partial charge in [-0.25, -0.2) is 4.39 Å².